The van der Waals surface area contributed by atoms with E-state index in [-0.39, 0.29) is 6.09 Å². The lowest BCUT2D eigenvalue weighted by molar-refractivity contribution is 0.0162. The quantitative estimate of drug-likeness (QED) is 0.596. The summed E-state index contributed by atoms with van der Waals surface area (Å²) in [6.45, 7) is 13.4. The number of piperidine rings is 1. The van der Waals surface area contributed by atoms with Gasteiger partial charge in [0.2, 0.25) is 0 Å². The van der Waals surface area contributed by atoms with Crippen LogP contribution < -0.4 is 10.6 Å². The first-order chi connectivity index (χ1) is 11.2. The molecule has 0 spiro atoms. The van der Waals surface area contributed by atoms with Crippen LogP contribution in [0.2, 0.25) is 0 Å². The molecule has 0 aromatic rings. The molecule has 0 aliphatic carbocycles. The summed E-state index contributed by atoms with van der Waals surface area (Å²) < 4.78 is 5.48. The molecule has 1 atom stereocenters. The minimum absolute atomic E-state index is 0.186. The zero-order chi connectivity index (χ0) is 18.2. The van der Waals surface area contributed by atoms with Gasteiger partial charge in [0.15, 0.2) is 5.96 Å². The molecule has 1 aliphatic rings. The molecule has 1 saturated heterocycles. The number of nitrogens with zero attached hydrogens (tertiary/aromatic N) is 2. The predicted molar refractivity (Wildman–Crippen MR) is 99.4 cm³/mol. The molecule has 0 saturated carbocycles. The summed E-state index contributed by atoms with van der Waals surface area (Å²) in [5.41, 5.74) is -0.430. The molecule has 6 heteroatoms. The van der Waals surface area contributed by atoms with Gasteiger partial charge in [-0.2, -0.15) is 0 Å². The summed E-state index contributed by atoms with van der Waals surface area (Å²) in [6.07, 6.45) is 3.06. The summed E-state index contributed by atoms with van der Waals surface area (Å²) in [4.78, 5) is 18.3. The van der Waals surface area contributed by atoms with Gasteiger partial charge in [-0.15, -0.1) is 0 Å². The zero-order valence-electron chi connectivity index (χ0n) is 16.3. The molecule has 1 unspecified atom stereocenters. The van der Waals surface area contributed by atoms with Crippen LogP contribution in [0.3, 0.4) is 0 Å². The Morgan fingerprint density at radius 3 is 2.62 bits per heavy atom. The van der Waals surface area contributed by atoms with Crippen molar-refractivity contribution in [1.29, 1.82) is 0 Å². The molecule has 140 valence electrons. The number of guanidine groups is 1. The maximum Gasteiger partial charge on any atom is 0.410 e. The Morgan fingerprint density at radius 2 is 2.04 bits per heavy atom. The lowest BCUT2D eigenvalue weighted by Gasteiger charge is -2.34. The fourth-order valence-corrected chi connectivity index (χ4v) is 2.71. The van der Waals surface area contributed by atoms with Gasteiger partial charge in [0.05, 0.1) is 0 Å². The first-order valence-electron chi connectivity index (χ1n) is 9.13. The summed E-state index contributed by atoms with van der Waals surface area (Å²) in [5, 5.41) is 6.67. The number of hydrogen-bond acceptors (Lipinski definition) is 3. The van der Waals surface area contributed by atoms with Gasteiger partial charge >= 0.3 is 6.09 Å². The first kappa shape index (κ1) is 20.6. The standard InChI is InChI=1S/C18H36N4O2/c1-14(2)12-21-16(19-6)20-10-9-15-8-7-11-22(13-15)17(23)24-18(3,4)5/h14-15H,7-13H2,1-6H3,(H2,19,20,21). The normalized spacial score (nSPS) is 19.4. The Balaban J connectivity index is 2.34. The zero-order valence-corrected chi connectivity index (χ0v) is 16.3. The van der Waals surface area contributed by atoms with E-state index in [2.05, 4.69) is 29.5 Å². The highest BCUT2D eigenvalue weighted by Gasteiger charge is 2.27. The fraction of sp³-hybridized carbons (Fsp3) is 0.889. The summed E-state index contributed by atoms with van der Waals surface area (Å²) in [6, 6.07) is 0. The van der Waals surface area contributed by atoms with Gasteiger partial charge in [0, 0.05) is 33.2 Å². The average Bonchev–Trinajstić information content (AvgIpc) is 2.49. The minimum Gasteiger partial charge on any atom is -0.444 e. The van der Waals surface area contributed by atoms with Crippen LogP contribution in [0.4, 0.5) is 4.79 Å². The second kappa shape index (κ2) is 9.74. The van der Waals surface area contributed by atoms with Crippen molar-refractivity contribution in [2.45, 2.75) is 59.5 Å². The van der Waals surface area contributed by atoms with E-state index < -0.39 is 5.60 Å². The molecular weight excluding hydrogens is 304 g/mol. The topological polar surface area (TPSA) is 66.0 Å². The largest absolute Gasteiger partial charge is 0.444 e. The molecular formula is C18H36N4O2. The van der Waals surface area contributed by atoms with E-state index in [1.165, 1.54) is 6.42 Å². The first-order valence-corrected chi connectivity index (χ1v) is 9.13. The third-order valence-corrected chi connectivity index (χ3v) is 3.92. The summed E-state index contributed by atoms with van der Waals surface area (Å²) in [5.74, 6) is 1.95. The molecule has 24 heavy (non-hydrogen) atoms. The third-order valence-electron chi connectivity index (χ3n) is 3.92. The number of likely N-dealkylation sites (tertiary alicyclic amines) is 1. The van der Waals surface area contributed by atoms with Crippen LogP contribution >= 0.6 is 0 Å². The molecule has 1 amide bonds. The molecule has 1 fully saturated rings. The van der Waals surface area contributed by atoms with E-state index in [9.17, 15) is 4.79 Å². The van der Waals surface area contributed by atoms with Crippen molar-refractivity contribution < 1.29 is 9.53 Å². The molecule has 6 nitrogen and oxygen atoms in total. The molecule has 1 aliphatic heterocycles. The molecule has 1 heterocycles. The van der Waals surface area contributed by atoms with Gasteiger partial charge in [0.25, 0.3) is 0 Å². The van der Waals surface area contributed by atoms with Crippen LogP contribution in [-0.2, 0) is 4.74 Å². The molecule has 0 bridgehead atoms. The molecule has 1 rings (SSSR count). The SMILES string of the molecule is CN=C(NCCC1CCCN(C(=O)OC(C)(C)C)C1)NCC(C)C. The van der Waals surface area contributed by atoms with E-state index in [0.29, 0.717) is 11.8 Å². The Hall–Kier alpha value is -1.46. The smallest absolute Gasteiger partial charge is 0.410 e. The van der Waals surface area contributed by atoms with Crippen molar-refractivity contribution >= 4 is 12.1 Å². The van der Waals surface area contributed by atoms with Crippen LogP contribution in [-0.4, -0.2) is 55.8 Å². The maximum atomic E-state index is 12.2. The van der Waals surface area contributed by atoms with Crippen LogP contribution in [0.5, 0.6) is 0 Å². The number of nitrogens with one attached hydrogen (secondary N) is 2. The Labute approximate surface area is 147 Å². The molecule has 2 N–H and O–H groups in total. The Morgan fingerprint density at radius 1 is 1.33 bits per heavy atom. The van der Waals surface area contributed by atoms with Gasteiger partial charge in [0.1, 0.15) is 5.60 Å². The summed E-state index contributed by atoms with van der Waals surface area (Å²) >= 11 is 0. The maximum absolute atomic E-state index is 12.2. The van der Waals surface area contributed by atoms with Gasteiger partial charge in [-0.25, -0.2) is 4.79 Å². The monoisotopic (exact) mass is 340 g/mol. The number of rotatable bonds is 5. The van der Waals surface area contributed by atoms with E-state index >= 15 is 0 Å². The Bertz CT molecular complexity index is 416. The van der Waals surface area contributed by atoms with Gasteiger partial charge < -0.3 is 20.3 Å². The van der Waals surface area contributed by atoms with Gasteiger partial charge in [-0.3, -0.25) is 4.99 Å². The highest BCUT2D eigenvalue weighted by Crippen LogP contribution is 2.21. The second-order valence-corrected chi connectivity index (χ2v) is 8.00. The molecule has 0 radical (unpaired) electrons. The van der Waals surface area contributed by atoms with Crippen LogP contribution in [0.1, 0.15) is 53.9 Å². The highest BCUT2D eigenvalue weighted by atomic mass is 16.6. The van der Waals surface area contributed by atoms with Gasteiger partial charge in [-0.05, 0) is 51.9 Å². The van der Waals surface area contributed by atoms with E-state index in [1.54, 1.807) is 7.05 Å². The number of amides is 1. The predicted octanol–water partition coefficient (Wildman–Crippen LogP) is 2.84. The number of carbonyl (C=O) groups is 1. The minimum atomic E-state index is -0.430. The lowest BCUT2D eigenvalue weighted by atomic mass is 9.95. The van der Waals surface area contributed by atoms with Gasteiger partial charge in [-0.1, -0.05) is 13.8 Å². The molecule has 0 aromatic heterocycles. The van der Waals surface area contributed by atoms with Crippen molar-refractivity contribution in [1.82, 2.24) is 15.5 Å². The van der Waals surface area contributed by atoms with Crippen molar-refractivity contribution in [2.75, 3.05) is 33.2 Å². The van der Waals surface area contributed by atoms with Crippen LogP contribution in [0.15, 0.2) is 4.99 Å². The second-order valence-electron chi connectivity index (χ2n) is 8.00. The number of hydrogen-bond donors (Lipinski definition) is 2. The van der Waals surface area contributed by atoms with E-state index in [4.69, 9.17) is 4.74 Å². The fourth-order valence-electron chi connectivity index (χ4n) is 2.71. The number of aliphatic imine (C=N–C) groups is 1. The van der Waals surface area contributed by atoms with Crippen molar-refractivity contribution in [3.63, 3.8) is 0 Å². The highest BCUT2D eigenvalue weighted by molar-refractivity contribution is 5.79. The average molecular weight is 341 g/mol. The van der Waals surface area contributed by atoms with Crippen molar-refractivity contribution in [3.8, 4) is 0 Å². The van der Waals surface area contributed by atoms with Crippen LogP contribution in [0, 0.1) is 11.8 Å². The Kier molecular flexibility index (Phi) is 8.36. The van der Waals surface area contributed by atoms with E-state index in [0.717, 1.165) is 45.0 Å². The van der Waals surface area contributed by atoms with Crippen molar-refractivity contribution in [3.05, 3.63) is 0 Å². The van der Waals surface area contributed by atoms with Crippen molar-refractivity contribution in [2.24, 2.45) is 16.8 Å². The van der Waals surface area contributed by atoms with E-state index in [1.807, 2.05) is 25.7 Å². The molecule has 0 aromatic carbocycles. The van der Waals surface area contributed by atoms with Crippen LogP contribution in [0.25, 0.3) is 0 Å². The third kappa shape index (κ3) is 8.41. The number of ether oxygens (including phenoxy) is 1. The summed E-state index contributed by atoms with van der Waals surface area (Å²) in [7, 11) is 1.79. The number of carbonyl (C=O) groups excluding carboxylic acids is 1. The lowest BCUT2D eigenvalue weighted by Crippen LogP contribution is -2.44.